The molecular weight excluding hydrogens is 138 g/mol. The molecule has 3 heteroatoms. The third-order valence-electron chi connectivity index (χ3n) is 2.10. The first-order chi connectivity index (χ1) is 5.34. The molecule has 0 aromatic carbocycles. The van der Waals surface area contributed by atoms with Gasteiger partial charge in [-0.1, -0.05) is 0 Å². The average Bonchev–Trinajstić information content (AvgIpc) is 2.07. The molecule has 0 aliphatic carbocycles. The summed E-state index contributed by atoms with van der Waals surface area (Å²) in [5.41, 5.74) is 6.98. The van der Waals surface area contributed by atoms with Crippen molar-refractivity contribution in [3.05, 3.63) is 0 Å². The Labute approximate surface area is 68.1 Å². The van der Waals surface area contributed by atoms with Crippen LogP contribution in [0.2, 0.25) is 0 Å². The van der Waals surface area contributed by atoms with Crippen LogP contribution in [0, 0.1) is 5.41 Å². The number of likely N-dealkylation sites (tertiary alicyclic amines) is 1. The normalized spacial score (nSPS) is 18.5. The molecule has 0 unspecified atom stereocenters. The molecule has 0 spiro atoms. The highest BCUT2D eigenvalue weighted by atomic mass is 15.2. The zero-order valence-corrected chi connectivity index (χ0v) is 6.90. The van der Waals surface area contributed by atoms with E-state index in [9.17, 15) is 0 Å². The van der Waals surface area contributed by atoms with Gasteiger partial charge < -0.3 is 4.90 Å². The van der Waals surface area contributed by atoms with Gasteiger partial charge in [0.05, 0.1) is 5.84 Å². The number of hydrogen-bond donors (Lipinski definition) is 1. The summed E-state index contributed by atoms with van der Waals surface area (Å²) in [5, 5.41) is 7.59. The minimum absolute atomic E-state index is 0.356. The van der Waals surface area contributed by atoms with Gasteiger partial charge in [0.2, 0.25) is 0 Å². The van der Waals surface area contributed by atoms with Gasteiger partial charge in [0.1, 0.15) is 0 Å². The molecule has 2 N–H and O–H groups in total. The minimum Gasteiger partial charge on any atom is -0.361 e. The van der Waals surface area contributed by atoms with Crippen LogP contribution in [-0.4, -0.2) is 30.4 Å². The Bertz CT molecular complexity index is 127. The Morgan fingerprint density at radius 1 is 1.18 bits per heavy atom. The molecule has 0 amide bonds. The monoisotopic (exact) mass is 154 g/mol. The quantitative estimate of drug-likeness (QED) is 0.470. The summed E-state index contributed by atoms with van der Waals surface area (Å²) in [6.45, 7) is 2.44. The lowest BCUT2D eigenvalue weighted by Crippen LogP contribution is -2.35. The van der Waals surface area contributed by atoms with E-state index in [1.807, 2.05) is 0 Å². The van der Waals surface area contributed by atoms with Crippen LogP contribution in [-0.2, 0) is 0 Å². The second kappa shape index (κ2) is 4.34. The van der Waals surface area contributed by atoms with Crippen LogP contribution in [0.5, 0.6) is 0 Å². The standard InChI is InChI=1S/C8H16N3/c9-5-4-8(10)11-6-2-1-3-7-11/h9-10H,1-7H2. The smallest absolute Gasteiger partial charge is 0.0971 e. The molecule has 0 aromatic rings. The van der Waals surface area contributed by atoms with Gasteiger partial charge in [-0.3, -0.25) is 11.1 Å². The van der Waals surface area contributed by atoms with Gasteiger partial charge in [0, 0.05) is 26.1 Å². The maximum atomic E-state index is 7.59. The van der Waals surface area contributed by atoms with Gasteiger partial charge in [-0.05, 0) is 19.3 Å². The summed E-state index contributed by atoms with van der Waals surface area (Å²) in [6, 6.07) is 0. The predicted octanol–water partition coefficient (Wildman–Crippen LogP) is 1.12. The van der Waals surface area contributed by atoms with E-state index >= 15 is 0 Å². The van der Waals surface area contributed by atoms with Crippen molar-refractivity contribution in [1.82, 2.24) is 10.6 Å². The largest absolute Gasteiger partial charge is 0.361 e. The van der Waals surface area contributed by atoms with Crippen LogP contribution in [0.15, 0.2) is 0 Å². The minimum atomic E-state index is 0.356. The maximum Gasteiger partial charge on any atom is 0.0971 e. The average molecular weight is 154 g/mol. The van der Waals surface area contributed by atoms with Gasteiger partial charge in [0.25, 0.3) is 0 Å². The number of nitrogens with zero attached hydrogens (tertiary/aromatic N) is 1. The van der Waals surface area contributed by atoms with Crippen LogP contribution in [0.3, 0.4) is 0 Å². The van der Waals surface area contributed by atoms with E-state index in [-0.39, 0.29) is 0 Å². The summed E-state index contributed by atoms with van der Waals surface area (Å²) in [6.07, 6.45) is 4.38. The topological polar surface area (TPSA) is 50.9 Å². The van der Waals surface area contributed by atoms with Crippen molar-refractivity contribution in [3.63, 3.8) is 0 Å². The first-order valence-corrected chi connectivity index (χ1v) is 4.31. The summed E-state index contributed by atoms with van der Waals surface area (Å²) in [5.74, 6) is 0.666. The molecule has 63 valence electrons. The van der Waals surface area contributed by atoms with Crippen LogP contribution < -0.4 is 5.73 Å². The molecule has 1 fully saturated rings. The van der Waals surface area contributed by atoms with E-state index in [1.165, 1.54) is 19.3 Å². The van der Waals surface area contributed by atoms with Crippen molar-refractivity contribution in [3.8, 4) is 0 Å². The molecule has 1 aliphatic heterocycles. The number of amidine groups is 1. The lowest BCUT2D eigenvalue weighted by atomic mass is 10.1. The van der Waals surface area contributed by atoms with Gasteiger partial charge >= 0.3 is 0 Å². The molecule has 0 atom stereocenters. The van der Waals surface area contributed by atoms with Gasteiger partial charge in [-0.15, -0.1) is 0 Å². The third kappa shape index (κ3) is 2.50. The zero-order valence-electron chi connectivity index (χ0n) is 6.90. The molecule has 3 nitrogen and oxygen atoms in total. The zero-order chi connectivity index (χ0) is 8.10. The van der Waals surface area contributed by atoms with E-state index in [2.05, 4.69) is 4.90 Å². The molecule has 0 bridgehead atoms. The van der Waals surface area contributed by atoms with Crippen molar-refractivity contribution in [2.45, 2.75) is 25.7 Å². The Kier molecular flexibility index (Phi) is 3.36. The first kappa shape index (κ1) is 8.53. The van der Waals surface area contributed by atoms with Crippen LogP contribution in [0.4, 0.5) is 0 Å². The second-order valence-electron chi connectivity index (χ2n) is 2.99. The van der Waals surface area contributed by atoms with Crippen molar-refractivity contribution in [1.29, 1.82) is 5.41 Å². The molecule has 1 radical (unpaired) electrons. The molecule has 11 heavy (non-hydrogen) atoms. The number of hydrogen-bond acceptors (Lipinski definition) is 1. The summed E-state index contributed by atoms with van der Waals surface area (Å²) >= 11 is 0. The SMILES string of the molecule is [NH]CCC(=N)N1CCCCC1. The highest BCUT2D eigenvalue weighted by Gasteiger charge is 2.11. The summed E-state index contributed by atoms with van der Waals surface area (Å²) in [7, 11) is 0. The number of piperidine rings is 1. The Morgan fingerprint density at radius 3 is 2.36 bits per heavy atom. The Balaban J connectivity index is 2.27. The number of nitrogens with one attached hydrogen (secondary N) is 2. The van der Waals surface area contributed by atoms with Crippen molar-refractivity contribution < 1.29 is 0 Å². The van der Waals surface area contributed by atoms with Crippen molar-refractivity contribution >= 4 is 5.84 Å². The lowest BCUT2D eigenvalue weighted by Gasteiger charge is -2.28. The summed E-state index contributed by atoms with van der Waals surface area (Å²) < 4.78 is 0. The molecule has 1 heterocycles. The van der Waals surface area contributed by atoms with E-state index in [0.717, 1.165) is 13.1 Å². The molecule has 1 aliphatic rings. The van der Waals surface area contributed by atoms with Crippen LogP contribution in [0.1, 0.15) is 25.7 Å². The maximum absolute atomic E-state index is 7.59. The predicted molar refractivity (Wildman–Crippen MR) is 45.7 cm³/mol. The second-order valence-corrected chi connectivity index (χ2v) is 2.99. The lowest BCUT2D eigenvalue weighted by molar-refractivity contribution is 0.335. The van der Waals surface area contributed by atoms with E-state index in [4.69, 9.17) is 11.1 Å². The molecule has 0 saturated carbocycles. The fourth-order valence-electron chi connectivity index (χ4n) is 1.44. The van der Waals surface area contributed by atoms with E-state index in [1.54, 1.807) is 0 Å². The highest BCUT2D eigenvalue weighted by Crippen LogP contribution is 2.09. The third-order valence-corrected chi connectivity index (χ3v) is 2.10. The highest BCUT2D eigenvalue weighted by molar-refractivity contribution is 5.79. The van der Waals surface area contributed by atoms with Crippen molar-refractivity contribution in [2.75, 3.05) is 19.6 Å². The molecule has 0 aromatic heterocycles. The van der Waals surface area contributed by atoms with E-state index in [0.29, 0.717) is 18.8 Å². The molecule has 1 rings (SSSR count). The van der Waals surface area contributed by atoms with Crippen molar-refractivity contribution in [2.24, 2.45) is 0 Å². The van der Waals surface area contributed by atoms with E-state index < -0.39 is 0 Å². The van der Waals surface area contributed by atoms with Gasteiger partial charge in [-0.2, -0.15) is 0 Å². The van der Waals surface area contributed by atoms with Crippen LogP contribution in [0.25, 0.3) is 0 Å². The van der Waals surface area contributed by atoms with Gasteiger partial charge in [-0.25, -0.2) is 0 Å². The molecular formula is C8H16N3. The van der Waals surface area contributed by atoms with Crippen LogP contribution >= 0.6 is 0 Å². The fourth-order valence-corrected chi connectivity index (χ4v) is 1.44. The van der Waals surface area contributed by atoms with Gasteiger partial charge in [0.15, 0.2) is 0 Å². The number of rotatable bonds is 2. The Morgan fingerprint density at radius 2 is 1.82 bits per heavy atom. The molecule has 1 saturated heterocycles. The first-order valence-electron chi connectivity index (χ1n) is 4.31. The Hall–Kier alpha value is -0.570. The fraction of sp³-hybridized carbons (Fsp3) is 0.875. The summed E-state index contributed by atoms with van der Waals surface area (Å²) in [4.78, 5) is 2.11.